The molecule has 0 unspecified atom stereocenters. The molecule has 9 heavy (non-hydrogen) atoms. The lowest BCUT2D eigenvalue weighted by atomic mass is 10.2. The second-order valence-corrected chi connectivity index (χ2v) is 1.58. The minimum Gasteiger partial charge on any atom is -0.295 e. The van der Waals surface area contributed by atoms with Gasteiger partial charge in [-0.2, -0.15) is 0 Å². The summed E-state index contributed by atoms with van der Waals surface area (Å²) >= 11 is 0. The average Bonchev–Trinajstić information content (AvgIpc) is 1.82. The lowest BCUT2D eigenvalue weighted by Gasteiger charge is -1.86. The van der Waals surface area contributed by atoms with E-state index in [-0.39, 0.29) is 5.78 Å². The summed E-state index contributed by atoms with van der Waals surface area (Å²) in [4.78, 5) is 13.9. The van der Waals surface area contributed by atoms with Gasteiger partial charge in [0.15, 0.2) is 5.78 Å². The van der Waals surface area contributed by atoms with Gasteiger partial charge in [-0.1, -0.05) is 6.58 Å². The van der Waals surface area contributed by atoms with Crippen molar-refractivity contribution in [1.82, 2.24) is 0 Å². The summed E-state index contributed by atoms with van der Waals surface area (Å²) in [6, 6.07) is 0. The summed E-state index contributed by atoms with van der Waals surface area (Å²) in [5, 5.41) is 0. The molecule has 0 saturated heterocycles. The van der Waals surface area contributed by atoms with Crippen molar-refractivity contribution in [3.8, 4) is 0 Å². The number of rotatable bonds is 3. The number of ketones is 1. The Balaban J connectivity index is 3.92. The van der Waals surface area contributed by atoms with E-state index in [4.69, 9.17) is 0 Å². The molecule has 0 aliphatic heterocycles. The fourth-order valence-corrected chi connectivity index (χ4v) is 0.260. The number of carbonyl (C=O) groups excluding carboxylic acids is 1. The largest absolute Gasteiger partial charge is 0.295 e. The number of aliphatic imine (C=N–C) groups is 1. The van der Waals surface area contributed by atoms with Crippen molar-refractivity contribution >= 4 is 12.5 Å². The molecule has 0 aromatic carbocycles. The predicted molar refractivity (Wildman–Crippen MR) is 38.5 cm³/mol. The van der Waals surface area contributed by atoms with E-state index in [0.29, 0.717) is 5.57 Å². The number of hydrogen-bond donors (Lipinski definition) is 0. The first-order valence-electron chi connectivity index (χ1n) is 2.50. The van der Waals surface area contributed by atoms with Crippen LogP contribution in [-0.4, -0.2) is 12.5 Å². The molecule has 0 atom stereocenters. The van der Waals surface area contributed by atoms with Crippen LogP contribution in [-0.2, 0) is 4.79 Å². The predicted octanol–water partition coefficient (Wildman–Crippen LogP) is 1.35. The topological polar surface area (TPSA) is 29.4 Å². The second kappa shape index (κ2) is 3.78. The first-order chi connectivity index (χ1) is 4.18. The fraction of sp³-hybridized carbons (Fsp3) is 0.143. The highest BCUT2D eigenvalue weighted by atomic mass is 16.1. The van der Waals surface area contributed by atoms with Crippen LogP contribution < -0.4 is 0 Å². The molecule has 0 saturated carbocycles. The first kappa shape index (κ1) is 7.82. The Labute approximate surface area is 54.6 Å². The van der Waals surface area contributed by atoms with Crippen LogP contribution in [0, 0.1) is 0 Å². The van der Waals surface area contributed by atoms with E-state index in [2.05, 4.69) is 18.3 Å². The summed E-state index contributed by atoms with van der Waals surface area (Å²) < 4.78 is 0. The van der Waals surface area contributed by atoms with Crippen molar-refractivity contribution in [3.63, 3.8) is 0 Å². The molecule has 0 aromatic heterocycles. The molecular formula is C7H9NO. The third kappa shape index (κ3) is 3.41. The van der Waals surface area contributed by atoms with E-state index < -0.39 is 0 Å². The SMILES string of the molecule is C=NC=CC(=C)C(C)=O. The third-order valence-electron chi connectivity index (χ3n) is 0.833. The third-order valence-corrected chi connectivity index (χ3v) is 0.833. The van der Waals surface area contributed by atoms with Crippen LogP contribution in [0.15, 0.2) is 29.4 Å². The average molecular weight is 123 g/mol. The van der Waals surface area contributed by atoms with E-state index in [0.717, 1.165) is 0 Å². The Kier molecular flexibility index (Phi) is 3.28. The maximum atomic E-state index is 10.4. The zero-order valence-electron chi connectivity index (χ0n) is 5.42. The van der Waals surface area contributed by atoms with Gasteiger partial charge in [-0.05, 0) is 19.7 Å². The van der Waals surface area contributed by atoms with Crippen molar-refractivity contribution in [3.05, 3.63) is 24.4 Å². The van der Waals surface area contributed by atoms with Gasteiger partial charge in [-0.15, -0.1) is 0 Å². The van der Waals surface area contributed by atoms with Gasteiger partial charge in [0.2, 0.25) is 0 Å². The molecule has 2 heteroatoms. The number of nitrogens with zero attached hydrogens (tertiary/aromatic N) is 1. The van der Waals surface area contributed by atoms with E-state index in [1.54, 1.807) is 0 Å². The highest BCUT2D eigenvalue weighted by Gasteiger charge is 1.91. The number of Topliss-reactive ketones (excluding diaryl/α,β-unsaturated/α-hetero) is 1. The van der Waals surface area contributed by atoms with Crippen molar-refractivity contribution < 1.29 is 4.79 Å². The zero-order valence-corrected chi connectivity index (χ0v) is 5.42. The van der Waals surface area contributed by atoms with Gasteiger partial charge < -0.3 is 0 Å². The van der Waals surface area contributed by atoms with Gasteiger partial charge >= 0.3 is 0 Å². The molecule has 0 fully saturated rings. The van der Waals surface area contributed by atoms with Crippen molar-refractivity contribution in [2.75, 3.05) is 0 Å². The summed E-state index contributed by atoms with van der Waals surface area (Å²) in [6.07, 6.45) is 2.96. The normalized spacial score (nSPS) is 9.44. The molecule has 48 valence electrons. The second-order valence-electron chi connectivity index (χ2n) is 1.58. The van der Waals surface area contributed by atoms with Crippen LogP contribution in [0.25, 0.3) is 0 Å². The van der Waals surface area contributed by atoms with Crippen LogP contribution in [0.3, 0.4) is 0 Å². The number of carbonyl (C=O) groups is 1. The standard InChI is InChI=1S/C7H9NO/c1-6(7(2)9)4-5-8-3/h4-5H,1,3H2,2H3. The highest BCUT2D eigenvalue weighted by Crippen LogP contribution is 1.92. The number of allylic oxidation sites excluding steroid dienone is 2. The Hall–Kier alpha value is -1.18. The quantitative estimate of drug-likeness (QED) is 0.316. The van der Waals surface area contributed by atoms with Gasteiger partial charge in [-0.3, -0.25) is 9.79 Å². The molecule has 0 spiro atoms. The summed E-state index contributed by atoms with van der Waals surface area (Å²) in [5.41, 5.74) is 0.447. The Bertz CT molecular complexity index is 168. The minimum atomic E-state index is -0.0464. The van der Waals surface area contributed by atoms with Crippen LogP contribution in [0.4, 0.5) is 0 Å². The zero-order chi connectivity index (χ0) is 7.28. The maximum absolute atomic E-state index is 10.4. The minimum absolute atomic E-state index is 0.0464. The molecule has 0 heterocycles. The highest BCUT2D eigenvalue weighted by molar-refractivity contribution is 5.95. The van der Waals surface area contributed by atoms with Crippen LogP contribution in [0.2, 0.25) is 0 Å². The molecule has 2 nitrogen and oxygen atoms in total. The summed E-state index contributed by atoms with van der Waals surface area (Å²) in [5.74, 6) is -0.0464. The molecule has 0 N–H and O–H groups in total. The van der Waals surface area contributed by atoms with E-state index in [1.165, 1.54) is 19.2 Å². The molecule has 0 amide bonds. The Morgan fingerprint density at radius 2 is 2.22 bits per heavy atom. The molecule has 0 rings (SSSR count). The molecular weight excluding hydrogens is 114 g/mol. The molecule has 0 aliphatic rings. The molecule has 0 aliphatic carbocycles. The van der Waals surface area contributed by atoms with Gasteiger partial charge in [0.25, 0.3) is 0 Å². The van der Waals surface area contributed by atoms with Gasteiger partial charge in [0, 0.05) is 11.8 Å². The monoisotopic (exact) mass is 123 g/mol. The van der Waals surface area contributed by atoms with E-state index >= 15 is 0 Å². The molecule has 0 aromatic rings. The Morgan fingerprint density at radius 1 is 1.67 bits per heavy atom. The maximum Gasteiger partial charge on any atom is 0.159 e. The Morgan fingerprint density at radius 3 is 2.56 bits per heavy atom. The van der Waals surface area contributed by atoms with Gasteiger partial charge in [-0.25, -0.2) is 0 Å². The van der Waals surface area contributed by atoms with Crippen LogP contribution in [0.1, 0.15) is 6.92 Å². The van der Waals surface area contributed by atoms with E-state index in [9.17, 15) is 4.79 Å². The summed E-state index contributed by atoms with van der Waals surface area (Å²) in [7, 11) is 0. The smallest absolute Gasteiger partial charge is 0.159 e. The number of hydrogen-bond acceptors (Lipinski definition) is 2. The van der Waals surface area contributed by atoms with Crippen LogP contribution in [0.5, 0.6) is 0 Å². The lowest BCUT2D eigenvalue weighted by Crippen LogP contribution is -1.89. The van der Waals surface area contributed by atoms with Crippen molar-refractivity contribution in [1.29, 1.82) is 0 Å². The van der Waals surface area contributed by atoms with Crippen LogP contribution >= 0.6 is 0 Å². The molecule has 0 radical (unpaired) electrons. The van der Waals surface area contributed by atoms with Gasteiger partial charge in [0.05, 0.1) is 0 Å². The first-order valence-corrected chi connectivity index (χ1v) is 2.50. The lowest BCUT2D eigenvalue weighted by molar-refractivity contribution is -0.113. The fourth-order valence-electron chi connectivity index (χ4n) is 0.260. The molecule has 0 bridgehead atoms. The van der Waals surface area contributed by atoms with Crippen molar-refractivity contribution in [2.24, 2.45) is 4.99 Å². The summed E-state index contributed by atoms with van der Waals surface area (Å²) in [6.45, 7) is 8.12. The van der Waals surface area contributed by atoms with Crippen molar-refractivity contribution in [2.45, 2.75) is 6.92 Å². The van der Waals surface area contributed by atoms with Gasteiger partial charge in [0.1, 0.15) is 0 Å². The van der Waals surface area contributed by atoms with E-state index in [1.807, 2.05) is 0 Å².